The molecular weight excluding hydrogens is 310 g/mol. The second kappa shape index (κ2) is 11.2. The Kier molecular flexibility index (Phi) is 9.30. The van der Waals surface area contributed by atoms with E-state index in [4.69, 9.17) is 9.47 Å². The Bertz CT molecular complexity index is 391. The first-order valence-corrected chi connectivity index (χ1v) is 11.0. The fraction of sp³-hybridized carbons (Fsp3) is 0.955. The van der Waals surface area contributed by atoms with Crippen LogP contribution in [0.4, 0.5) is 0 Å². The van der Waals surface area contributed by atoms with Gasteiger partial charge >= 0.3 is 0 Å². The van der Waals surface area contributed by atoms with Gasteiger partial charge in [-0.1, -0.05) is 71.1 Å². The Morgan fingerprint density at radius 3 is 1.96 bits per heavy atom. The van der Waals surface area contributed by atoms with Gasteiger partial charge in [-0.15, -0.1) is 0 Å². The number of rotatable bonds is 15. The first kappa shape index (κ1) is 20.7. The molecule has 0 radical (unpaired) electrons. The number of hydrogen-bond donors (Lipinski definition) is 0. The summed E-state index contributed by atoms with van der Waals surface area (Å²) in [5.74, 6) is 0.980. The van der Waals surface area contributed by atoms with Crippen molar-refractivity contribution in [2.24, 2.45) is 4.99 Å². The van der Waals surface area contributed by atoms with Gasteiger partial charge in [0.1, 0.15) is 6.61 Å². The van der Waals surface area contributed by atoms with Crippen molar-refractivity contribution in [2.75, 3.05) is 6.61 Å². The Labute approximate surface area is 156 Å². The van der Waals surface area contributed by atoms with Gasteiger partial charge in [-0.05, 0) is 33.1 Å². The molecule has 0 aromatic carbocycles. The number of hydrogen-bond acceptors (Lipinski definition) is 3. The van der Waals surface area contributed by atoms with E-state index in [1.54, 1.807) is 0 Å². The largest absolute Gasteiger partial charge is 0.478 e. The minimum absolute atomic E-state index is 0.00560. The van der Waals surface area contributed by atoms with Gasteiger partial charge in [0, 0.05) is 6.42 Å². The molecule has 2 heterocycles. The van der Waals surface area contributed by atoms with Crippen LogP contribution in [0.1, 0.15) is 111 Å². The van der Waals surface area contributed by atoms with Crippen LogP contribution in [-0.4, -0.2) is 30.3 Å². The highest BCUT2D eigenvalue weighted by atomic mass is 16.6. The molecular formula is C22H41NO2. The molecule has 146 valence electrons. The minimum atomic E-state index is 0.00560. The molecule has 1 saturated heterocycles. The van der Waals surface area contributed by atoms with Crippen LogP contribution in [0.3, 0.4) is 0 Å². The van der Waals surface area contributed by atoms with Crippen molar-refractivity contribution in [1.82, 2.24) is 0 Å². The van der Waals surface area contributed by atoms with Gasteiger partial charge in [-0.2, -0.15) is 0 Å². The Morgan fingerprint density at radius 2 is 1.40 bits per heavy atom. The molecule has 0 saturated carbocycles. The number of unbranched alkanes of at least 4 members (excludes halogenated alkanes) is 9. The van der Waals surface area contributed by atoms with Crippen LogP contribution in [0.15, 0.2) is 4.99 Å². The zero-order valence-corrected chi connectivity index (χ0v) is 17.0. The van der Waals surface area contributed by atoms with Crippen LogP contribution in [0, 0.1) is 0 Å². The molecule has 0 aliphatic carbocycles. The van der Waals surface area contributed by atoms with E-state index in [2.05, 4.69) is 25.8 Å². The van der Waals surface area contributed by atoms with E-state index in [-0.39, 0.29) is 5.54 Å². The van der Waals surface area contributed by atoms with Crippen molar-refractivity contribution in [1.29, 1.82) is 0 Å². The lowest BCUT2D eigenvalue weighted by molar-refractivity contribution is 0.273. The average Bonchev–Trinajstić information content (AvgIpc) is 3.23. The zero-order chi connectivity index (χ0) is 18.0. The molecule has 3 nitrogen and oxygen atoms in total. The average molecular weight is 352 g/mol. The molecule has 0 N–H and O–H groups in total. The third-order valence-electron chi connectivity index (χ3n) is 5.43. The van der Waals surface area contributed by atoms with Gasteiger partial charge in [0.25, 0.3) is 0 Å². The van der Waals surface area contributed by atoms with Gasteiger partial charge in [0.2, 0.25) is 0 Å². The lowest BCUT2D eigenvalue weighted by Crippen LogP contribution is -2.17. The predicted octanol–water partition coefficient (Wildman–Crippen LogP) is 6.44. The zero-order valence-electron chi connectivity index (χ0n) is 17.0. The van der Waals surface area contributed by atoms with Gasteiger partial charge < -0.3 is 9.47 Å². The van der Waals surface area contributed by atoms with E-state index < -0.39 is 0 Å². The normalized spacial score (nSPS) is 24.2. The second-order valence-electron chi connectivity index (χ2n) is 8.68. The van der Waals surface area contributed by atoms with Crippen LogP contribution in [0.2, 0.25) is 0 Å². The molecule has 2 rings (SSSR count). The summed E-state index contributed by atoms with van der Waals surface area (Å²) in [6.07, 6.45) is 19.7. The van der Waals surface area contributed by atoms with Crippen molar-refractivity contribution in [3.05, 3.63) is 0 Å². The number of ether oxygens (including phenoxy) is 2. The summed E-state index contributed by atoms with van der Waals surface area (Å²) in [6, 6.07) is 0. The SMILES string of the molecule is CCCCCCCCC1OC1CCCCCCCC1=NC(C)(C)CO1. The number of nitrogens with zero attached hydrogens (tertiary/aromatic N) is 1. The molecule has 2 aliphatic heterocycles. The van der Waals surface area contributed by atoms with Gasteiger partial charge in [0.05, 0.1) is 17.7 Å². The number of aliphatic imine (C=N–C) groups is 1. The second-order valence-corrected chi connectivity index (χ2v) is 8.68. The van der Waals surface area contributed by atoms with Crippen molar-refractivity contribution in [3.63, 3.8) is 0 Å². The molecule has 2 unspecified atom stereocenters. The van der Waals surface area contributed by atoms with E-state index in [0.717, 1.165) is 18.9 Å². The highest BCUT2D eigenvalue weighted by Crippen LogP contribution is 2.32. The molecule has 25 heavy (non-hydrogen) atoms. The summed E-state index contributed by atoms with van der Waals surface area (Å²) >= 11 is 0. The molecule has 2 aliphatic rings. The molecule has 2 atom stereocenters. The van der Waals surface area contributed by atoms with Gasteiger partial charge in [0.15, 0.2) is 5.90 Å². The maximum absolute atomic E-state index is 5.83. The maximum atomic E-state index is 5.83. The summed E-state index contributed by atoms with van der Waals surface area (Å²) < 4.78 is 11.5. The Hall–Kier alpha value is -0.570. The van der Waals surface area contributed by atoms with Crippen molar-refractivity contribution in [3.8, 4) is 0 Å². The minimum Gasteiger partial charge on any atom is -0.478 e. The molecule has 0 aromatic heterocycles. The lowest BCUT2D eigenvalue weighted by atomic mass is 10.0. The van der Waals surface area contributed by atoms with E-state index in [0.29, 0.717) is 12.2 Å². The van der Waals surface area contributed by atoms with E-state index in [1.165, 1.54) is 83.5 Å². The third kappa shape index (κ3) is 9.08. The summed E-state index contributed by atoms with van der Waals surface area (Å²) in [5.41, 5.74) is 0.00560. The van der Waals surface area contributed by atoms with Crippen LogP contribution in [0.25, 0.3) is 0 Å². The quantitative estimate of drug-likeness (QED) is 0.251. The molecule has 1 fully saturated rings. The topological polar surface area (TPSA) is 34.1 Å². The highest BCUT2D eigenvalue weighted by molar-refractivity contribution is 5.78. The smallest absolute Gasteiger partial charge is 0.183 e. The van der Waals surface area contributed by atoms with Crippen molar-refractivity contribution in [2.45, 2.75) is 128 Å². The summed E-state index contributed by atoms with van der Waals surface area (Å²) in [5, 5.41) is 0. The van der Waals surface area contributed by atoms with Crippen LogP contribution < -0.4 is 0 Å². The molecule has 3 heteroatoms. The molecule has 0 bridgehead atoms. The van der Waals surface area contributed by atoms with Crippen LogP contribution in [0.5, 0.6) is 0 Å². The van der Waals surface area contributed by atoms with Crippen LogP contribution >= 0.6 is 0 Å². The van der Waals surface area contributed by atoms with Gasteiger partial charge in [-0.25, -0.2) is 4.99 Å². The summed E-state index contributed by atoms with van der Waals surface area (Å²) in [7, 11) is 0. The summed E-state index contributed by atoms with van der Waals surface area (Å²) in [6.45, 7) is 7.31. The van der Waals surface area contributed by atoms with Crippen molar-refractivity contribution < 1.29 is 9.47 Å². The first-order valence-electron chi connectivity index (χ1n) is 11.0. The molecule has 0 amide bonds. The van der Waals surface area contributed by atoms with Gasteiger partial charge in [-0.3, -0.25) is 0 Å². The fourth-order valence-electron chi connectivity index (χ4n) is 3.76. The van der Waals surface area contributed by atoms with Crippen LogP contribution in [-0.2, 0) is 9.47 Å². The third-order valence-corrected chi connectivity index (χ3v) is 5.43. The Morgan fingerprint density at radius 1 is 0.840 bits per heavy atom. The maximum Gasteiger partial charge on any atom is 0.183 e. The Balaban J connectivity index is 1.33. The highest BCUT2D eigenvalue weighted by Gasteiger charge is 2.36. The van der Waals surface area contributed by atoms with E-state index >= 15 is 0 Å². The van der Waals surface area contributed by atoms with Crippen molar-refractivity contribution >= 4 is 5.90 Å². The molecule has 0 aromatic rings. The summed E-state index contributed by atoms with van der Waals surface area (Å²) in [4.78, 5) is 4.62. The standard InChI is InChI=1S/C22H41NO2/c1-4-5-6-7-9-12-15-19-20(25-19)16-13-10-8-11-14-17-21-23-22(2,3)18-24-21/h19-20H,4-18H2,1-3H3. The number of epoxide rings is 1. The first-order chi connectivity index (χ1) is 12.1. The monoisotopic (exact) mass is 351 g/mol. The van der Waals surface area contributed by atoms with E-state index in [9.17, 15) is 0 Å². The fourth-order valence-corrected chi connectivity index (χ4v) is 3.76. The predicted molar refractivity (Wildman–Crippen MR) is 106 cm³/mol. The van der Waals surface area contributed by atoms with E-state index in [1.807, 2.05) is 0 Å². The molecule has 0 spiro atoms. The lowest BCUT2D eigenvalue weighted by Gasteiger charge is -2.07.